The molecule has 0 radical (unpaired) electrons. The van der Waals surface area contributed by atoms with Gasteiger partial charge in [-0.3, -0.25) is 9.98 Å². The smallest absolute Gasteiger partial charge is 0.190 e. The number of aromatic nitrogens is 1. The predicted octanol–water partition coefficient (Wildman–Crippen LogP) is 3.63. The van der Waals surface area contributed by atoms with Gasteiger partial charge in [-0.05, 0) is 54.7 Å². The molecule has 0 unspecified atom stereocenters. The molecule has 0 bridgehead atoms. The molecule has 0 saturated heterocycles. The van der Waals surface area contributed by atoms with Gasteiger partial charge in [0.15, 0.2) is 5.96 Å². The summed E-state index contributed by atoms with van der Waals surface area (Å²) in [5.41, 5.74) is 4.39. The molecule has 3 rings (SSSR count). The minimum absolute atomic E-state index is 0.190. The summed E-state index contributed by atoms with van der Waals surface area (Å²) >= 11 is 0. The van der Waals surface area contributed by atoms with Gasteiger partial charge in [-0.1, -0.05) is 30.3 Å². The van der Waals surface area contributed by atoms with Gasteiger partial charge < -0.3 is 10.6 Å². The predicted molar refractivity (Wildman–Crippen MR) is 110 cm³/mol. The Morgan fingerprint density at radius 3 is 2.48 bits per heavy atom. The Morgan fingerprint density at radius 2 is 1.74 bits per heavy atom. The van der Waals surface area contributed by atoms with Gasteiger partial charge >= 0.3 is 0 Å². The molecular weight excluding hydrogens is 339 g/mol. The second kappa shape index (κ2) is 9.12. The minimum Gasteiger partial charge on any atom is -0.356 e. The molecule has 0 fully saturated rings. The van der Waals surface area contributed by atoms with E-state index in [9.17, 15) is 4.39 Å². The van der Waals surface area contributed by atoms with Gasteiger partial charge in [0.05, 0.1) is 5.52 Å². The molecular formula is C22H25FN4. The molecule has 5 heteroatoms. The summed E-state index contributed by atoms with van der Waals surface area (Å²) in [6, 6.07) is 15.2. The first-order valence-corrected chi connectivity index (χ1v) is 9.19. The summed E-state index contributed by atoms with van der Waals surface area (Å²) in [7, 11) is 1.76. The lowest BCUT2D eigenvalue weighted by Crippen LogP contribution is -2.39. The second-order valence-electron chi connectivity index (χ2n) is 6.49. The number of pyridine rings is 1. The van der Waals surface area contributed by atoms with Crippen LogP contribution in [0.1, 0.15) is 16.7 Å². The van der Waals surface area contributed by atoms with Crippen molar-refractivity contribution in [3.63, 3.8) is 0 Å². The van der Waals surface area contributed by atoms with Gasteiger partial charge in [0, 0.05) is 31.7 Å². The van der Waals surface area contributed by atoms with E-state index in [-0.39, 0.29) is 5.82 Å². The van der Waals surface area contributed by atoms with Crippen molar-refractivity contribution in [3.05, 3.63) is 77.2 Å². The molecule has 0 saturated carbocycles. The standard InChI is InChI=1S/C22H25FN4/c1-16-15-20(23)9-8-17(16)10-13-26-22(24-2)27-14-11-19-6-3-5-18-7-4-12-25-21(18)19/h3-9,12,15H,10-11,13-14H2,1-2H3,(H2,24,26,27). The fourth-order valence-corrected chi connectivity index (χ4v) is 3.16. The van der Waals surface area contributed by atoms with E-state index in [1.54, 1.807) is 13.1 Å². The van der Waals surface area contributed by atoms with Crippen molar-refractivity contribution in [2.75, 3.05) is 20.1 Å². The maximum absolute atomic E-state index is 13.2. The first kappa shape index (κ1) is 18.8. The van der Waals surface area contributed by atoms with Crippen LogP contribution in [-0.4, -0.2) is 31.1 Å². The summed E-state index contributed by atoms with van der Waals surface area (Å²) in [4.78, 5) is 8.76. The number of hydrogen-bond acceptors (Lipinski definition) is 2. The Balaban J connectivity index is 1.49. The molecule has 4 nitrogen and oxygen atoms in total. The molecule has 3 aromatic rings. The highest BCUT2D eigenvalue weighted by atomic mass is 19.1. The average molecular weight is 364 g/mol. The van der Waals surface area contributed by atoms with Crippen LogP contribution in [0.15, 0.2) is 59.7 Å². The molecule has 0 amide bonds. The van der Waals surface area contributed by atoms with Crippen molar-refractivity contribution < 1.29 is 4.39 Å². The van der Waals surface area contributed by atoms with E-state index < -0.39 is 0 Å². The van der Waals surface area contributed by atoms with Crippen LogP contribution in [0.25, 0.3) is 10.9 Å². The molecule has 0 spiro atoms. The Morgan fingerprint density at radius 1 is 1.00 bits per heavy atom. The van der Waals surface area contributed by atoms with Crippen molar-refractivity contribution in [3.8, 4) is 0 Å². The number of rotatable bonds is 6. The van der Waals surface area contributed by atoms with E-state index in [4.69, 9.17) is 0 Å². The first-order valence-electron chi connectivity index (χ1n) is 9.19. The second-order valence-corrected chi connectivity index (χ2v) is 6.49. The summed E-state index contributed by atoms with van der Waals surface area (Å²) in [5.74, 6) is 0.576. The van der Waals surface area contributed by atoms with Crippen molar-refractivity contribution in [2.45, 2.75) is 19.8 Å². The highest BCUT2D eigenvalue weighted by molar-refractivity contribution is 5.82. The number of nitrogens with zero attached hydrogens (tertiary/aromatic N) is 2. The normalized spacial score (nSPS) is 11.6. The van der Waals surface area contributed by atoms with Crippen molar-refractivity contribution in [2.24, 2.45) is 4.99 Å². The number of aliphatic imine (C=N–C) groups is 1. The van der Waals surface area contributed by atoms with Crippen LogP contribution in [0.4, 0.5) is 4.39 Å². The van der Waals surface area contributed by atoms with Crippen LogP contribution in [0.3, 0.4) is 0 Å². The van der Waals surface area contributed by atoms with Gasteiger partial charge in [-0.25, -0.2) is 4.39 Å². The maximum Gasteiger partial charge on any atom is 0.190 e. The van der Waals surface area contributed by atoms with Crippen LogP contribution >= 0.6 is 0 Å². The average Bonchev–Trinajstić information content (AvgIpc) is 2.68. The number of halogens is 1. The topological polar surface area (TPSA) is 49.3 Å². The molecule has 2 N–H and O–H groups in total. The van der Waals surface area contributed by atoms with Crippen molar-refractivity contribution in [1.82, 2.24) is 15.6 Å². The number of benzene rings is 2. The molecule has 0 aliphatic rings. The van der Waals surface area contributed by atoms with Gasteiger partial charge in [0.1, 0.15) is 5.82 Å². The monoisotopic (exact) mass is 364 g/mol. The molecule has 0 aliphatic heterocycles. The third-order valence-electron chi connectivity index (χ3n) is 4.62. The number of guanidine groups is 1. The molecule has 2 aromatic carbocycles. The Kier molecular flexibility index (Phi) is 6.36. The Bertz CT molecular complexity index is 931. The third kappa shape index (κ3) is 5.03. The highest BCUT2D eigenvalue weighted by Crippen LogP contribution is 2.16. The highest BCUT2D eigenvalue weighted by Gasteiger charge is 2.04. The quantitative estimate of drug-likeness (QED) is 0.519. The zero-order valence-corrected chi connectivity index (χ0v) is 15.8. The summed E-state index contributed by atoms with van der Waals surface area (Å²) in [5, 5.41) is 7.82. The zero-order chi connectivity index (χ0) is 19.1. The lowest BCUT2D eigenvalue weighted by atomic mass is 10.1. The molecule has 140 valence electrons. The minimum atomic E-state index is -0.190. The van der Waals surface area contributed by atoms with Gasteiger partial charge in [-0.2, -0.15) is 0 Å². The SMILES string of the molecule is CN=C(NCCc1ccc(F)cc1C)NCCc1cccc2cccnc12. The van der Waals surface area contributed by atoms with Crippen molar-refractivity contribution in [1.29, 1.82) is 0 Å². The van der Waals surface area contributed by atoms with E-state index in [0.717, 1.165) is 53.9 Å². The first-order chi connectivity index (χ1) is 13.2. The van der Waals surface area contributed by atoms with E-state index in [0.29, 0.717) is 0 Å². The molecule has 1 heterocycles. The lowest BCUT2D eigenvalue weighted by Gasteiger charge is -2.13. The maximum atomic E-state index is 13.2. The van der Waals surface area contributed by atoms with Crippen LogP contribution in [0, 0.1) is 12.7 Å². The molecule has 0 atom stereocenters. The Labute approximate surface area is 159 Å². The number of aryl methyl sites for hydroxylation is 1. The van der Waals surface area contributed by atoms with Crippen LogP contribution in [0.5, 0.6) is 0 Å². The Hall–Kier alpha value is -2.95. The molecule has 27 heavy (non-hydrogen) atoms. The fourth-order valence-electron chi connectivity index (χ4n) is 3.16. The van der Waals surface area contributed by atoms with Crippen molar-refractivity contribution >= 4 is 16.9 Å². The number of fused-ring (bicyclic) bond motifs is 1. The number of hydrogen-bond donors (Lipinski definition) is 2. The molecule has 0 aliphatic carbocycles. The van der Waals surface area contributed by atoms with E-state index in [1.807, 2.05) is 25.3 Å². The summed E-state index contributed by atoms with van der Waals surface area (Å²) in [6.07, 6.45) is 3.52. The van der Waals surface area contributed by atoms with Gasteiger partial charge in [0.2, 0.25) is 0 Å². The van der Waals surface area contributed by atoms with Crippen LogP contribution < -0.4 is 10.6 Å². The van der Waals surface area contributed by atoms with E-state index in [2.05, 4.69) is 44.9 Å². The van der Waals surface area contributed by atoms with Crippen LogP contribution in [0.2, 0.25) is 0 Å². The van der Waals surface area contributed by atoms with Gasteiger partial charge in [-0.15, -0.1) is 0 Å². The van der Waals surface area contributed by atoms with E-state index >= 15 is 0 Å². The number of nitrogens with one attached hydrogen (secondary N) is 2. The fraction of sp³-hybridized carbons (Fsp3) is 0.273. The van der Waals surface area contributed by atoms with Crippen LogP contribution in [-0.2, 0) is 12.8 Å². The number of para-hydroxylation sites is 1. The van der Waals surface area contributed by atoms with E-state index in [1.165, 1.54) is 11.6 Å². The largest absolute Gasteiger partial charge is 0.356 e. The zero-order valence-electron chi connectivity index (χ0n) is 15.8. The lowest BCUT2D eigenvalue weighted by molar-refractivity contribution is 0.625. The third-order valence-corrected chi connectivity index (χ3v) is 4.62. The summed E-state index contributed by atoms with van der Waals surface area (Å²) in [6.45, 7) is 3.44. The van der Waals surface area contributed by atoms with Gasteiger partial charge in [0.25, 0.3) is 0 Å². The molecule has 1 aromatic heterocycles. The summed E-state index contributed by atoms with van der Waals surface area (Å²) < 4.78 is 13.2.